The molecule has 35 heavy (non-hydrogen) atoms. The van der Waals surface area contributed by atoms with E-state index in [1.807, 2.05) is 0 Å². The Hall–Kier alpha value is -1.97. The van der Waals surface area contributed by atoms with Crippen molar-refractivity contribution in [3.63, 3.8) is 0 Å². The maximum atomic E-state index is 8.25. The van der Waals surface area contributed by atoms with Gasteiger partial charge in [0.15, 0.2) is 0 Å². The van der Waals surface area contributed by atoms with E-state index < -0.39 is 40.7 Å². The third-order valence-electron chi connectivity index (χ3n) is 0. The monoisotopic (exact) mass is 878 g/mol. The maximum absolute atomic E-state index is 8.25. The van der Waals surface area contributed by atoms with Gasteiger partial charge in [0, 0.05) is 0 Å². The number of rotatable bonds is 0. The van der Waals surface area contributed by atoms with Crippen LogP contribution in [0.1, 0.15) is 0 Å². The molecule has 0 aliphatic carbocycles. The first-order valence-corrected chi connectivity index (χ1v) is 4.38. The van der Waals surface area contributed by atoms with Crippen molar-refractivity contribution in [2.24, 2.45) is 0 Å². The van der Waals surface area contributed by atoms with Gasteiger partial charge in [0.05, 0.1) is 40.7 Å². The van der Waals surface area contributed by atoms with Crippen LogP contribution in [0.25, 0.3) is 0 Å². The molecule has 0 atom stereocenters. The van der Waals surface area contributed by atoms with E-state index in [4.69, 9.17) is 123 Å². The second-order valence-electron chi connectivity index (χ2n) is 1.79. The van der Waals surface area contributed by atoms with Crippen molar-refractivity contribution in [2.45, 2.75) is 0 Å². The van der Waals surface area contributed by atoms with Gasteiger partial charge in [0.2, 0.25) is 0 Å². The largest absolute Gasteiger partial charge is 3.00 e. The summed E-state index contributed by atoms with van der Waals surface area (Å²) in [6.07, 6.45) is 0. The van der Waals surface area contributed by atoms with Crippen molar-refractivity contribution >= 4 is 45.5 Å². The van der Waals surface area contributed by atoms with E-state index in [-0.39, 0.29) is 136 Å². The Balaban J connectivity index is -0.0000000206. The van der Waals surface area contributed by atoms with Gasteiger partial charge in [0.25, 0.3) is 0 Å². The van der Waals surface area contributed by atoms with Crippen LogP contribution in [0, 0.1) is 213 Å². The van der Waals surface area contributed by atoms with Crippen molar-refractivity contribution < 1.29 is 131 Å². The summed E-state index contributed by atoms with van der Waals surface area (Å²) in [5.41, 5.74) is 0. The molecular formula is EuN8O24PrSr. The van der Waals surface area contributed by atoms with Crippen LogP contribution in [0.4, 0.5) is 0 Å². The molecule has 0 aromatic carbocycles. The summed E-state index contributed by atoms with van der Waals surface area (Å²) >= 11 is 0. The molecule has 0 N–H and O–H groups in total. The molecule has 0 aromatic rings. The number of nitrogens with zero attached hydrogens (tertiary/aromatic N) is 8. The van der Waals surface area contributed by atoms with Gasteiger partial charge >= 0.3 is 136 Å². The number of hydrogen-bond donors (Lipinski definition) is 0. The van der Waals surface area contributed by atoms with E-state index in [2.05, 4.69) is 0 Å². The minimum atomic E-state index is -1.75. The summed E-state index contributed by atoms with van der Waals surface area (Å²) < 4.78 is 0. The molecule has 0 heterocycles. The Labute approximate surface area is 295 Å². The zero-order valence-corrected chi connectivity index (χ0v) is 24.6. The van der Waals surface area contributed by atoms with E-state index in [9.17, 15) is 0 Å². The van der Waals surface area contributed by atoms with Gasteiger partial charge < -0.3 is 123 Å². The van der Waals surface area contributed by atoms with Crippen LogP contribution in [0.2, 0.25) is 0 Å². The molecule has 0 bridgehead atoms. The molecule has 32 nitrogen and oxygen atoms in total. The molecule has 0 saturated heterocycles. The van der Waals surface area contributed by atoms with Crippen LogP contribution >= 0.6 is 0 Å². The second-order valence-corrected chi connectivity index (χ2v) is 1.79. The summed E-state index contributed by atoms with van der Waals surface area (Å²) in [6, 6.07) is 0. The van der Waals surface area contributed by atoms with Gasteiger partial charge in [-0.25, -0.2) is 0 Å². The van der Waals surface area contributed by atoms with Crippen LogP contribution in [-0.4, -0.2) is 86.2 Å². The maximum Gasteiger partial charge on any atom is 3.00 e. The predicted octanol–water partition coefficient (Wildman–Crippen LogP) is -2.29. The quantitative estimate of drug-likeness (QED) is 0.140. The summed E-state index contributed by atoms with van der Waals surface area (Å²) in [5.74, 6) is 0. The van der Waals surface area contributed by atoms with Crippen LogP contribution in [0.5, 0.6) is 0 Å². The van der Waals surface area contributed by atoms with Gasteiger partial charge in [-0.15, -0.1) is 0 Å². The molecular weight excluding hydrogens is 877 g/mol. The zero-order chi connectivity index (χ0) is 28.6. The fourth-order valence-electron chi connectivity index (χ4n) is 0. The summed E-state index contributed by atoms with van der Waals surface area (Å²) in [7, 11) is 0. The molecule has 196 valence electrons. The first kappa shape index (κ1) is 69.8. The second kappa shape index (κ2) is 63.5. The van der Waals surface area contributed by atoms with Crippen LogP contribution < -0.4 is 0 Å². The molecule has 0 aliphatic heterocycles. The molecule has 35 heteroatoms. The minimum Gasteiger partial charge on any atom is -0.356 e. The van der Waals surface area contributed by atoms with Crippen molar-refractivity contribution in [1.82, 2.24) is 0 Å². The van der Waals surface area contributed by atoms with E-state index in [0.29, 0.717) is 0 Å². The SMILES string of the molecule is O=[N+]([O-])[O-].O=[N+]([O-])[O-].O=[N+]([O-])[O-].O=[N+]([O-])[O-].O=[N+]([O-])[O-].O=[N+]([O-])[O-].O=[N+]([O-])[O-].O=[N+]([O-])[O-].[Eu+3].[Pr+3].[Sr+2]. The molecule has 0 aliphatic rings. The van der Waals surface area contributed by atoms with Crippen LogP contribution in [-0.2, 0) is 0 Å². The van der Waals surface area contributed by atoms with Gasteiger partial charge in [-0.05, 0) is 0 Å². The molecule has 0 spiro atoms. The molecule has 0 saturated carbocycles. The molecule has 0 radical (unpaired) electrons. The fraction of sp³-hybridized carbons (Fsp3) is 0. The fourth-order valence-corrected chi connectivity index (χ4v) is 0. The average molecular weight is 877 g/mol. The average Bonchev–Trinajstić information content (AvgIpc) is 2.30. The normalized spacial score (nSPS) is 5.49. The Morgan fingerprint density at radius 2 is 0.257 bits per heavy atom. The van der Waals surface area contributed by atoms with Crippen molar-refractivity contribution in [2.75, 3.05) is 0 Å². The third kappa shape index (κ3) is 7430. The van der Waals surface area contributed by atoms with Crippen molar-refractivity contribution in [3.05, 3.63) is 123 Å². The number of hydrogen-bond acceptors (Lipinski definition) is 24. The molecule has 0 rings (SSSR count). The van der Waals surface area contributed by atoms with Gasteiger partial charge in [0.1, 0.15) is 0 Å². The Morgan fingerprint density at radius 1 is 0.257 bits per heavy atom. The van der Waals surface area contributed by atoms with E-state index >= 15 is 0 Å². The molecule has 0 aromatic heterocycles. The van der Waals surface area contributed by atoms with Gasteiger partial charge in [-0.2, -0.15) is 0 Å². The van der Waals surface area contributed by atoms with Crippen LogP contribution in [0.3, 0.4) is 0 Å². The summed E-state index contributed by atoms with van der Waals surface area (Å²) in [4.78, 5) is 66.0. The Kier molecular flexibility index (Phi) is 127. The first-order chi connectivity index (χ1) is 13.9. The first-order valence-electron chi connectivity index (χ1n) is 4.38. The predicted molar refractivity (Wildman–Crippen MR) is 88.6 cm³/mol. The van der Waals surface area contributed by atoms with E-state index in [1.54, 1.807) is 0 Å². The van der Waals surface area contributed by atoms with Gasteiger partial charge in [-0.1, -0.05) is 0 Å². The van der Waals surface area contributed by atoms with Crippen molar-refractivity contribution in [3.8, 4) is 0 Å². The Bertz CT molecular complexity index is 374. The minimum absolute atomic E-state index is 0. The smallest absolute Gasteiger partial charge is 0.356 e. The summed E-state index contributed by atoms with van der Waals surface area (Å²) in [5, 5.41) is 118. The standard InChI is InChI=1S/Eu.8NO3.Pr.Sr/c;8*2-1(3)4;;/q+3;8*-1;+3;+2. The molecule has 0 fully saturated rings. The molecule has 0 amide bonds. The van der Waals surface area contributed by atoms with Gasteiger partial charge in [-0.3, -0.25) is 0 Å². The topological polar surface area (TPSA) is 530 Å². The third-order valence-corrected chi connectivity index (χ3v) is 0. The molecule has 0 unspecified atom stereocenters. The van der Waals surface area contributed by atoms with E-state index in [1.165, 1.54) is 0 Å². The van der Waals surface area contributed by atoms with Crippen LogP contribution in [0.15, 0.2) is 0 Å². The van der Waals surface area contributed by atoms with Crippen molar-refractivity contribution in [1.29, 1.82) is 0 Å². The Morgan fingerprint density at radius 3 is 0.257 bits per heavy atom. The summed E-state index contributed by atoms with van der Waals surface area (Å²) in [6.45, 7) is 0. The zero-order valence-electron chi connectivity index (χ0n) is 15.0. The van der Waals surface area contributed by atoms with E-state index in [0.717, 1.165) is 0 Å².